The van der Waals surface area contributed by atoms with Crippen LogP contribution < -0.4 is 15.0 Å². The number of methoxy groups -OCH3 is 1. The van der Waals surface area contributed by atoms with Gasteiger partial charge in [-0.2, -0.15) is 4.68 Å². The molecule has 34 heavy (non-hydrogen) atoms. The first-order valence-corrected chi connectivity index (χ1v) is 11.3. The second kappa shape index (κ2) is 9.19. The summed E-state index contributed by atoms with van der Waals surface area (Å²) >= 11 is 0. The zero-order valence-corrected chi connectivity index (χ0v) is 18.5. The van der Waals surface area contributed by atoms with Gasteiger partial charge < -0.3 is 14.6 Å². The van der Waals surface area contributed by atoms with Gasteiger partial charge >= 0.3 is 5.97 Å². The van der Waals surface area contributed by atoms with E-state index in [-0.39, 0.29) is 16.0 Å². The summed E-state index contributed by atoms with van der Waals surface area (Å²) < 4.78 is 39.1. The van der Waals surface area contributed by atoms with Gasteiger partial charge in [-0.15, -0.1) is 5.10 Å². The minimum Gasteiger partial charge on any atom is -0.507 e. The van der Waals surface area contributed by atoms with Crippen molar-refractivity contribution in [3.8, 4) is 11.5 Å². The van der Waals surface area contributed by atoms with Crippen molar-refractivity contribution < 1.29 is 27.8 Å². The van der Waals surface area contributed by atoms with Gasteiger partial charge in [-0.3, -0.25) is 9.52 Å². The zero-order valence-electron chi connectivity index (χ0n) is 17.7. The number of hydrogen-bond donors (Lipinski definition) is 2. The number of phenols is 1. The summed E-state index contributed by atoms with van der Waals surface area (Å²) in [5, 5.41) is 18.0. The standard InChI is InChI=1S/C22H18N4O7S/c1-32-20-9-5-4-8-18(20)24-34(30,31)14-10-11-19(27)16(12-14)22(29)33-13-26-21(28)15-6-2-3-7-17(15)23-25-26/h2-12,24,27H,13H2,1H3. The van der Waals surface area contributed by atoms with Gasteiger partial charge in [0.25, 0.3) is 15.6 Å². The molecular weight excluding hydrogens is 464 g/mol. The number of ether oxygens (including phenoxy) is 2. The number of benzene rings is 3. The number of rotatable bonds is 7. The third-order valence-electron chi connectivity index (χ3n) is 4.80. The summed E-state index contributed by atoms with van der Waals surface area (Å²) in [6.45, 7) is -0.592. The molecule has 0 saturated carbocycles. The van der Waals surface area contributed by atoms with Gasteiger partial charge in [0.15, 0.2) is 6.73 Å². The van der Waals surface area contributed by atoms with Crippen molar-refractivity contribution in [3.63, 3.8) is 0 Å². The fraction of sp³-hybridized carbons (Fsp3) is 0.0909. The van der Waals surface area contributed by atoms with Crippen LogP contribution in [0.25, 0.3) is 10.9 Å². The number of sulfonamides is 1. The Labute approximate surface area is 193 Å². The van der Waals surface area contributed by atoms with Crippen molar-refractivity contribution in [2.45, 2.75) is 11.6 Å². The maximum Gasteiger partial charge on any atom is 0.343 e. The van der Waals surface area contributed by atoms with Gasteiger partial charge in [0, 0.05) is 0 Å². The second-order valence-corrected chi connectivity index (χ2v) is 8.64. The number of aromatic hydroxyl groups is 1. The molecule has 0 aliphatic rings. The quantitative estimate of drug-likeness (QED) is 0.378. The average molecular weight is 482 g/mol. The molecule has 4 rings (SSSR count). The Kier molecular flexibility index (Phi) is 6.15. The van der Waals surface area contributed by atoms with Crippen molar-refractivity contribution in [2.75, 3.05) is 11.8 Å². The molecule has 0 fully saturated rings. The van der Waals surface area contributed by atoms with Crippen molar-refractivity contribution in [2.24, 2.45) is 0 Å². The molecule has 0 atom stereocenters. The van der Waals surface area contributed by atoms with Crippen LogP contribution in [0.5, 0.6) is 11.5 Å². The number of para-hydroxylation sites is 2. The fourth-order valence-corrected chi connectivity index (χ4v) is 4.18. The average Bonchev–Trinajstić information content (AvgIpc) is 2.84. The monoisotopic (exact) mass is 482 g/mol. The molecule has 174 valence electrons. The van der Waals surface area contributed by atoms with Crippen LogP contribution in [0.4, 0.5) is 5.69 Å². The minimum atomic E-state index is -4.14. The molecular formula is C22H18N4O7S. The lowest BCUT2D eigenvalue weighted by Crippen LogP contribution is -2.26. The number of nitrogens with zero attached hydrogens (tertiary/aromatic N) is 3. The van der Waals surface area contributed by atoms with E-state index < -0.39 is 39.6 Å². The second-order valence-electron chi connectivity index (χ2n) is 6.96. The van der Waals surface area contributed by atoms with Crippen LogP contribution in [0.15, 0.2) is 76.4 Å². The Bertz CT molecular complexity index is 1550. The molecule has 1 heterocycles. The molecule has 0 radical (unpaired) electrons. The highest BCUT2D eigenvalue weighted by Gasteiger charge is 2.22. The van der Waals surface area contributed by atoms with E-state index in [2.05, 4.69) is 15.0 Å². The molecule has 11 nitrogen and oxygen atoms in total. The van der Waals surface area contributed by atoms with E-state index in [1.807, 2.05) is 0 Å². The van der Waals surface area contributed by atoms with E-state index in [4.69, 9.17) is 9.47 Å². The van der Waals surface area contributed by atoms with E-state index in [1.165, 1.54) is 13.2 Å². The van der Waals surface area contributed by atoms with Crippen LogP contribution in [0.3, 0.4) is 0 Å². The van der Waals surface area contributed by atoms with E-state index in [9.17, 15) is 23.1 Å². The first kappa shape index (κ1) is 22.7. The SMILES string of the molecule is COc1ccccc1NS(=O)(=O)c1ccc(O)c(C(=O)OCn2nnc3ccccc3c2=O)c1. The summed E-state index contributed by atoms with van der Waals surface area (Å²) in [5.41, 5.74) is -0.366. The largest absolute Gasteiger partial charge is 0.507 e. The van der Waals surface area contributed by atoms with Gasteiger partial charge in [0.2, 0.25) is 0 Å². The maximum absolute atomic E-state index is 12.8. The number of fused-ring (bicyclic) bond motifs is 1. The van der Waals surface area contributed by atoms with Gasteiger partial charge in [-0.05, 0) is 42.5 Å². The van der Waals surface area contributed by atoms with Crippen molar-refractivity contribution in [1.29, 1.82) is 0 Å². The van der Waals surface area contributed by atoms with Gasteiger partial charge in [-0.1, -0.05) is 29.5 Å². The third-order valence-corrected chi connectivity index (χ3v) is 6.16. The van der Waals surface area contributed by atoms with Gasteiger partial charge in [0.1, 0.15) is 22.6 Å². The maximum atomic E-state index is 12.8. The number of carbonyl (C=O) groups is 1. The molecule has 0 spiro atoms. The fourth-order valence-electron chi connectivity index (χ4n) is 3.08. The zero-order chi connectivity index (χ0) is 24.3. The summed E-state index contributed by atoms with van der Waals surface area (Å²) in [6, 6.07) is 16.1. The molecule has 0 unspecified atom stereocenters. The summed E-state index contributed by atoms with van der Waals surface area (Å²) in [7, 11) is -2.75. The number of phenolic OH excluding ortho intramolecular Hbond substituents is 1. The molecule has 1 aromatic heterocycles. The Hall–Kier alpha value is -4.45. The van der Waals surface area contributed by atoms with Crippen molar-refractivity contribution in [1.82, 2.24) is 15.0 Å². The topological polar surface area (TPSA) is 150 Å². The number of carbonyl (C=O) groups excluding carboxylic acids is 1. The summed E-state index contributed by atoms with van der Waals surface area (Å²) in [4.78, 5) is 24.7. The molecule has 4 aromatic rings. The molecule has 2 N–H and O–H groups in total. The van der Waals surface area contributed by atoms with Crippen LogP contribution >= 0.6 is 0 Å². The highest BCUT2D eigenvalue weighted by atomic mass is 32.2. The van der Waals surface area contributed by atoms with E-state index in [0.717, 1.165) is 22.9 Å². The Morgan fingerprint density at radius 3 is 2.62 bits per heavy atom. The number of anilines is 1. The first-order valence-electron chi connectivity index (χ1n) is 9.78. The van der Waals surface area contributed by atoms with Crippen molar-refractivity contribution >= 4 is 32.6 Å². The lowest BCUT2D eigenvalue weighted by Gasteiger charge is -2.13. The lowest BCUT2D eigenvalue weighted by molar-refractivity contribution is 0.0332. The van der Waals surface area contributed by atoms with Crippen LogP contribution in [-0.4, -0.2) is 41.6 Å². The molecule has 0 saturated heterocycles. The smallest absolute Gasteiger partial charge is 0.343 e. The van der Waals surface area contributed by atoms with E-state index in [1.54, 1.807) is 42.5 Å². The van der Waals surface area contributed by atoms with Crippen LogP contribution in [0.1, 0.15) is 10.4 Å². The number of nitrogens with one attached hydrogen (secondary N) is 1. The molecule has 0 aliphatic carbocycles. The van der Waals surface area contributed by atoms with Crippen LogP contribution in [0.2, 0.25) is 0 Å². The normalized spacial score (nSPS) is 11.2. The lowest BCUT2D eigenvalue weighted by atomic mass is 10.2. The number of hydrogen-bond acceptors (Lipinski definition) is 9. The van der Waals surface area contributed by atoms with Crippen molar-refractivity contribution in [3.05, 3.63) is 82.6 Å². The first-order chi connectivity index (χ1) is 16.3. The predicted molar refractivity (Wildman–Crippen MR) is 121 cm³/mol. The predicted octanol–water partition coefficient (Wildman–Crippen LogP) is 2.12. The highest BCUT2D eigenvalue weighted by molar-refractivity contribution is 7.92. The molecule has 0 amide bonds. The Balaban J connectivity index is 1.56. The molecule has 0 bridgehead atoms. The van der Waals surface area contributed by atoms with Gasteiger partial charge in [-0.25, -0.2) is 13.2 Å². The highest BCUT2D eigenvalue weighted by Crippen LogP contribution is 2.28. The summed E-state index contributed by atoms with van der Waals surface area (Å²) in [5.74, 6) is -1.27. The number of aromatic nitrogens is 3. The van der Waals surface area contributed by atoms with Gasteiger partial charge in [0.05, 0.1) is 23.1 Å². The van der Waals surface area contributed by atoms with E-state index in [0.29, 0.717) is 11.3 Å². The number of esters is 1. The third kappa shape index (κ3) is 4.52. The Morgan fingerprint density at radius 2 is 1.82 bits per heavy atom. The Morgan fingerprint density at radius 1 is 1.09 bits per heavy atom. The van der Waals surface area contributed by atoms with E-state index >= 15 is 0 Å². The van der Waals surface area contributed by atoms with Crippen LogP contribution in [0, 0.1) is 0 Å². The molecule has 3 aromatic carbocycles. The molecule has 0 aliphatic heterocycles. The minimum absolute atomic E-state index is 0.191. The van der Waals surface area contributed by atoms with Crippen LogP contribution in [-0.2, 0) is 21.5 Å². The molecule has 12 heteroatoms. The summed E-state index contributed by atoms with van der Waals surface area (Å²) in [6.07, 6.45) is 0.